The zero-order valence-electron chi connectivity index (χ0n) is 9.07. The number of hydrogen-bond acceptors (Lipinski definition) is 4. The highest BCUT2D eigenvalue weighted by atomic mass is 127. The van der Waals surface area contributed by atoms with Gasteiger partial charge in [-0.3, -0.25) is 0 Å². The van der Waals surface area contributed by atoms with Gasteiger partial charge in [-0.2, -0.15) is 0 Å². The van der Waals surface area contributed by atoms with Crippen LogP contribution in [0.3, 0.4) is 0 Å². The number of esters is 1. The first-order valence-electron chi connectivity index (χ1n) is 4.65. The number of carbonyl (C=O) groups is 1. The number of ether oxygens (including phenoxy) is 2. The predicted octanol–water partition coefficient (Wildman–Crippen LogP) is 1.59. The van der Waals surface area contributed by atoms with Crippen LogP contribution in [0.25, 0.3) is 0 Å². The fraction of sp³-hybridized carbons (Fsp3) is 0.364. The number of halogens is 1. The van der Waals surface area contributed by atoms with E-state index in [9.17, 15) is 9.90 Å². The lowest BCUT2D eigenvalue weighted by Crippen LogP contribution is -2.42. The van der Waals surface area contributed by atoms with Gasteiger partial charge >= 0.3 is 5.97 Å². The van der Waals surface area contributed by atoms with E-state index in [-0.39, 0.29) is 6.61 Å². The molecule has 0 aliphatic heterocycles. The smallest absolute Gasteiger partial charge is 0.341 e. The quantitative estimate of drug-likeness (QED) is 0.670. The van der Waals surface area contributed by atoms with Gasteiger partial charge in [0.15, 0.2) is 5.60 Å². The number of methoxy groups -OCH3 is 1. The Hall–Kier alpha value is -0.820. The SMILES string of the molecule is COC(=O)C(C)(O)COc1cccc(I)c1. The molecule has 1 atom stereocenters. The van der Waals surface area contributed by atoms with E-state index in [1.807, 2.05) is 18.2 Å². The third-order valence-corrected chi connectivity index (χ3v) is 2.61. The molecule has 0 spiro atoms. The molecule has 0 radical (unpaired) electrons. The van der Waals surface area contributed by atoms with Crippen molar-refractivity contribution in [1.82, 2.24) is 0 Å². The van der Waals surface area contributed by atoms with Gasteiger partial charge in [-0.05, 0) is 47.7 Å². The highest BCUT2D eigenvalue weighted by Gasteiger charge is 2.32. The van der Waals surface area contributed by atoms with E-state index in [4.69, 9.17) is 4.74 Å². The van der Waals surface area contributed by atoms with Crippen LogP contribution in [0, 0.1) is 3.57 Å². The molecule has 1 rings (SSSR count). The van der Waals surface area contributed by atoms with Gasteiger partial charge in [0.25, 0.3) is 0 Å². The van der Waals surface area contributed by atoms with Crippen molar-refractivity contribution in [3.63, 3.8) is 0 Å². The average Bonchev–Trinajstić information content (AvgIpc) is 2.25. The molecule has 1 aromatic carbocycles. The lowest BCUT2D eigenvalue weighted by atomic mass is 10.1. The van der Waals surface area contributed by atoms with Gasteiger partial charge in [-0.1, -0.05) is 6.07 Å². The largest absolute Gasteiger partial charge is 0.490 e. The number of hydrogen-bond donors (Lipinski definition) is 1. The first kappa shape index (κ1) is 13.2. The minimum atomic E-state index is -1.63. The predicted molar refractivity (Wildman–Crippen MR) is 67.3 cm³/mol. The molecule has 1 unspecified atom stereocenters. The summed E-state index contributed by atoms with van der Waals surface area (Å²) in [6, 6.07) is 7.33. The van der Waals surface area contributed by atoms with Crippen LogP contribution in [0.5, 0.6) is 5.75 Å². The number of carbonyl (C=O) groups excluding carboxylic acids is 1. The lowest BCUT2D eigenvalue weighted by molar-refractivity contribution is -0.163. The summed E-state index contributed by atoms with van der Waals surface area (Å²) in [7, 11) is 1.22. The molecule has 16 heavy (non-hydrogen) atoms. The highest BCUT2D eigenvalue weighted by molar-refractivity contribution is 14.1. The van der Waals surface area contributed by atoms with E-state index in [0.717, 1.165) is 3.57 Å². The molecule has 1 N–H and O–H groups in total. The number of benzene rings is 1. The van der Waals surface area contributed by atoms with Crippen molar-refractivity contribution < 1.29 is 19.4 Å². The molecule has 0 aliphatic rings. The van der Waals surface area contributed by atoms with Gasteiger partial charge in [0.1, 0.15) is 12.4 Å². The van der Waals surface area contributed by atoms with Crippen LogP contribution in [0.1, 0.15) is 6.92 Å². The van der Waals surface area contributed by atoms with E-state index in [0.29, 0.717) is 5.75 Å². The standard InChI is InChI=1S/C11H13IO4/c1-11(14,10(13)15-2)7-16-9-5-3-4-8(12)6-9/h3-6,14H,7H2,1-2H3. The summed E-state index contributed by atoms with van der Waals surface area (Å²) in [6.45, 7) is 1.21. The molecule has 0 fully saturated rings. The van der Waals surface area contributed by atoms with Crippen molar-refractivity contribution >= 4 is 28.6 Å². The molecule has 0 bridgehead atoms. The van der Waals surface area contributed by atoms with Gasteiger partial charge in [-0.15, -0.1) is 0 Å². The summed E-state index contributed by atoms with van der Waals surface area (Å²) < 4.78 is 10.8. The van der Waals surface area contributed by atoms with Crippen LogP contribution in [-0.2, 0) is 9.53 Å². The van der Waals surface area contributed by atoms with Crippen LogP contribution in [-0.4, -0.2) is 30.4 Å². The Morgan fingerprint density at radius 3 is 2.81 bits per heavy atom. The average molecular weight is 336 g/mol. The van der Waals surface area contributed by atoms with E-state index < -0.39 is 11.6 Å². The molecule has 0 amide bonds. The third kappa shape index (κ3) is 3.64. The molecule has 88 valence electrons. The molecular formula is C11H13IO4. The van der Waals surface area contributed by atoms with E-state index in [1.54, 1.807) is 6.07 Å². The van der Waals surface area contributed by atoms with Crippen molar-refractivity contribution in [1.29, 1.82) is 0 Å². The Morgan fingerprint density at radius 2 is 2.25 bits per heavy atom. The van der Waals surface area contributed by atoms with Gasteiger partial charge < -0.3 is 14.6 Å². The zero-order valence-corrected chi connectivity index (χ0v) is 11.2. The van der Waals surface area contributed by atoms with E-state index >= 15 is 0 Å². The van der Waals surface area contributed by atoms with Crippen LogP contribution in [0.4, 0.5) is 0 Å². The first-order chi connectivity index (χ1) is 7.45. The Morgan fingerprint density at radius 1 is 1.56 bits per heavy atom. The maximum absolute atomic E-state index is 11.2. The van der Waals surface area contributed by atoms with Crippen molar-refractivity contribution in [2.24, 2.45) is 0 Å². The highest BCUT2D eigenvalue weighted by Crippen LogP contribution is 2.16. The van der Waals surface area contributed by atoms with Gasteiger partial charge in [0, 0.05) is 3.57 Å². The summed E-state index contributed by atoms with van der Waals surface area (Å²) in [4.78, 5) is 11.2. The second kappa shape index (κ2) is 5.49. The third-order valence-electron chi connectivity index (χ3n) is 1.94. The molecular weight excluding hydrogens is 323 g/mol. The van der Waals surface area contributed by atoms with E-state index in [1.165, 1.54) is 14.0 Å². The summed E-state index contributed by atoms with van der Waals surface area (Å²) in [5, 5.41) is 9.71. The molecule has 0 heterocycles. The first-order valence-corrected chi connectivity index (χ1v) is 5.73. The fourth-order valence-corrected chi connectivity index (χ4v) is 1.57. The second-order valence-electron chi connectivity index (χ2n) is 3.51. The van der Waals surface area contributed by atoms with Gasteiger partial charge in [0.05, 0.1) is 7.11 Å². The molecule has 0 saturated carbocycles. The fourth-order valence-electron chi connectivity index (χ4n) is 1.06. The van der Waals surface area contributed by atoms with Crippen LogP contribution in [0.15, 0.2) is 24.3 Å². The minimum Gasteiger partial charge on any atom is -0.490 e. The van der Waals surface area contributed by atoms with Crippen molar-refractivity contribution in [2.75, 3.05) is 13.7 Å². The summed E-state index contributed by atoms with van der Waals surface area (Å²) in [5.41, 5.74) is -1.63. The Balaban J connectivity index is 2.61. The minimum absolute atomic E-state index is 0.139. The topological polar surface area (TPSA) is 55.8 Å². The second-order valence-corrected chi connectivity index (χ2v) is 4.76. The maximum atomic E-state index is 11.2. The molecule has 0 saturated heterocycles. The van der Waals surface area contributed by atoms with E-state index in [2.05, 4.69) is 27.3 Å². The van der Waals surface area contributed by atoms with Crippen LogP contribution in [0.2, 0.25) is 0 Å². The monoisotopic (exact) mass is 336 g/mol. The summed E-state index contributed by atoms with van der Waals surface area (Å²) in [6.07, 6.45) is 0. The Labute approximate surface area is 108 Å². The zero-order chi connectivity index (χ0) is 12.2. The molecule has 0 aromatic heterocycles. The van der Waals surface area contributed by atoms with Crippen LogP contribution < -0.4 is 4.74 Å². The number of rotatable bonds is 4. The maximum Gasteiger partial charge on any atom is 0.341 e. The Bertz CT molecular complexity index is 376. The molecule has 5 heteroatoms. The molecule has 0 aliphatic carbocycles. The van der Waals surface area contributed by atoms with Crippen molar-refractivity contribution in [2.45, 2.75) is 12.5 Å². The summed E-state index contributed by atoms with van der Waals surface area (Å²) >= 11 is 2.15. The van der Waals surface area contributed by atoms with Crippen molar-refractivity contribution in [3.8, 4) is 5.75 Å². The van der Waals surface area contributed by atoms with Gasteiger partial charge in [-0.25, -0.2) is 4.79 Å². The van der Waals surface area contributed by atoms with Crippen molar-refractivity contribution in [3.05, 3.63) is 27.8 Å². The molecule has 4 nitrogen and oxygen atoms in total. The van der Waals surface area contributed by atoms with Gasteiger partial charge in [0.2, 0.25) is 0 Å². The molecule has 1 aromatic rings. The number of aliphatic hydroxyl groups is 1. The normalized spacial score (nSPS) is 14.0. The Kier molecular flexibility index (Phi) is 4.55. The lowest BCUT2D eigenvalue weighted by Gasteiger charge is -2.20. The van der Waals surface area contributed by atoms with Crippen LogP contribution >= 0.6 is 22.6 Å². The summed E-state index contributed by atoms with van der Waals surface area (Å²) in [5.74, 6) is -0.103.